The quantitative estimate of drug-likeness (QED) is 0.802. The van der Waals surface area contributed by atoms with Crippen LogP contribution in [0.2, 0.25) is 0 Å². The summed E-state index contributed by atoms with van der Waals surface area (Å²) in [5, 5.41) is 0. The Morgan fingerprint density at radius 2 is 1.95 bits per heavy atom. The highest BCUT2D eigenvalue weighted by atomic mass is 16.5. The number of benzene rings is 1. The van der Waals surface area contributed by atoms with E-state index in [1.165, 1.54) is 0 Å². The lowest BCUT2D eigenvalue weighted by Gasteiger charge is -2.31. The van der Waals surface area contributed by atoms with E-state index in [1.54, 1.807) is 7.11 Å². The van der Waals surface area contributed by atoms with Crippen molar-refractivity contribution in [3.8, 4) is 0 Å². The predicted octanol–water partition coefficient (Wildman–Crippen LogP) is 2.38. The number of carbonyl (C=O) groups excluding carboxylic acids is 2. The third kappa shape index (κ3) is 2.45. The minimum atomic E-state index is -0.711. The molecule has 4 nitrogen and oxygen atoms in total. The molecule has 0 spiro atoms. The molecule has 1 amide bonds. The Kier molecular flexibility index (Phi) is 4.30. The molecule has 2 aliphatic rings. The number of carbonyl (C=O) groups is 2. The summed E-state index contributed by atoms with van der Waals surface area (Å²) in [6, 6.07) is 9.78. The summed E-state index contributed by atoms with van der Waals surface area (Å²) in [6.07, 6.45) is 5.17. The fraction of sp³-hybridized carbons (Fsp3) is 0.556. The van der Waals surface area contributed by atoms with Gasteiger partial charge in [0.05, 0.1) is 12.5 Å². The molecule has 1 aliphatic carbocycles. The Morgan fingerprint density at radius 1 is 1.27 bits per heavy atom. The molecule has 0 N–H and O–H groups in total. The standard InChI is InChI=1S/C18H23NO3/c1-22-18(15-9-3-2-4-10-15)13-19(11-16(18)12-20)17(21)14-7-5-6-8-14/h2-4,9-10,12,14,16H,5-8,11,13H2,1H3/t16-,18+/m1/s1. The molecule has 1 saturated carbocycles. The van der Waals surface area contributed by atoms with Crippen molar-refractivity contribution in [2.75, 3.05) is 20.2 Å². The summed E-state index contributed by atoms with van der Waals surface area (Å²) in [5.74, 6) is 0.0141. The number of ether oxygens (including phenoxy) is 1. The Labute approximate surface area is 131 Å². The highest BCUT2D eigenvalue weighted by Gasteiger charge is 2.50. The van der Waals surface area contributed by atoms with E-state index in [4.69, 9.17) is 4.74 Å². The van der Waals surface area contributed by atoms with Crippen molar-refractivity contribution < 1.29 is 14.3 Å². The second kappa shape index (κ2) is 6.21. The van der Waals surface area contributed by atoms with Crippen LogP contribution < -0.4 is 0 Å². The lowest BCUT2D eigenvalue weighted by atomic mass is 9.84. The number of hydrogen-bond acceptors (Lipinski definition) is 3. The summed E-state index contributed by atoms with van der Waals surface area (Å²) in [7, 11) is 1.63. The largest absolute Gasteiger partial charge is 0.371 e. The maximum Gasteiger partial charge on any atom is 0.225 e. The van der Waals surface area contributed by atoms with E-state index in [9.17, 15) is 9.59 Å². The number of hydrogen-bond donors (Lipinski definition) is 0. The maximum absolute atomic E-state index is 12.7. The van der Waals surface area contributed by atoms with E-state index in [0.717, 1.165) is 37.5 Å². The summed E-state index contributed by atoms with van der Waals surface area (Å²) >= 11 is 0. The Hall–Kier alpha value is -1.68. The van der Waals surface area contributed by atoms with Gasteiger partial charge >= 0.3 is 0 Å². The second-order valence-corrected chi connectivity index (χ2v) is 6.40. The van der Waals surface area contributed by atoms with Crippen molar-refractivity contribution in [3.63, 3.8) is 0 Å². The van der Waals surface area contributed by atoms with Crippen LogP contribution in [0, 0.1) is 11.8 Å². The minimum Gasteiger partial charge on any atom is -0.371 e. The maximum atomic E-state index is 12.7. The summed E-state index contributed by atoms with van der Waals surface area (Å²) in [5.41, 5.74) is 0.258. The zero-order valence-electron chi connectivity index (χ0n) is 13.0. The summed E-state index contributed by atoms with van der Waals surface area (Å²) < 4.78 is 5.81. The number of likely N-dealkylation sites (tertiary alicyclic amines) is 1. The molecule has 0 bridgehead atoms. The first-order valence-electron chi connectivity index (χ1n) is 8.06. The Bertz CT molecular complexity index is 539. The van der Waals surface area contributed by atoms with Crippen molar-refractivity contribution in [1.82, 2.24) is 4.90 Å². The molecular formula is C18H23NO3. The average Bonchev–Trinajstić information content (AvgIpc) is 3.23. The van der Waals surface area contributed by atoms with Gasteiger partial charge in [-0.1, -0.05) is 43.2 Å². The van der Waals surface area contributed by atoms with Gasteiger partial charge in [0.15, 0.2) is 0 Å². The molecule has 4 heteroatoms. The molecule has 118 valence electrons. The second-order valence-electron chi connectivity index (χ2n) is 6.40. The van der Waals surface area contributed by atoms with E-state index >= 15 is 0 Å². The van der Waals surface area contributed by atoms with Crippen LogP contribution in [0.1, 0.15) is 31.2 Å². The fourth-order valence-electron chi connectivity index (χ4n) is 3.96. The van der Waals surface area contributed by atoms with Crippen LogP contribution >= 0.6 is 0 Å². The minimum absolute atomic E-state index is 0.135. The number of rotatable bonds is 4. The molecule has 2 atom stereocenters. The molecule has 1 heterocycles. The van der Waals surface area contributed by atoms with Crippen LogP contribution in [-0.4, -0.2) is 37.3 Å². The van der Waals surface area contributed by atoms with E-state index in [1.807, 2.05) is 35.2 Å². The first-order chi connectivity index (χ1) is 10.7. The Balaban J connectivity index is 1.87. The van der Waals surface area contributed by atoms with Crippen molar-refractivity contribution in [2.24, 2.45) is 11.8 Å². The molecule has 1 aliphatic heterocycles. The molecule has 2 fully saturated rings. The van der Waals surface area contributed by atoms with Gasteiger partial charge in [-0.05, 0) is 18.4 Å². The number of amides is 1. The number of aldehydes is 1. The highest BCUT2D eigenvalue weighted by Crippen LogP contribution is 2.40. The Morgan fingerprint density at radius 3 is 2.55 bits per heavy atom. The van der Waals surface area contributed by atoms with Gasteiger partial charge in [0.1, 0.15) is 11.9 Å². The van der Waals surface area contributed by atoms with Gasteiger partial charge in [0.2, 0.25) is 5.91 Å². The SMILES string of the molecule is CO[C@]1(c2ccccc2)CN(C(=O)C2CCCC2)C[C@@H]1C=O. The monoisotopic (exact) mass is 301 g/mol. The molecule has 3 rings (SSSR count). The fourth-order valence-corrected chi connectivity index (χ4v) is 3.96. The number of nitrogens with zero attached hydrogens (tertiary/aromatic N) is 1. The van der Waals surface area contributed by atoms with Gasteiger partial charge < -0.3 is 14.4 Å². The first-order valence-corrected chi connectivity index (χ1v) is 8.06. The van der Waals surface area contributed by atoms with Crippen LogP contribution in [0.15, 0.2) is 30.3 Å². The summed E-state index contributed by atoms with van der Waals surface area (Å²) in [6.45, 7) is 0.924. The van der Waals surface area contributed by atoms with Crippen LogP contribution in [0.25, 0.3) is 0 Å². The topological polar surface area (TPSA) is 46.6 Å². The van der Waals surface area contributed by atoms with Crippen molar-refractivity contribution in [1.29, 1.82) is 0 Å². The third-order valence-electron chi connectivity index (χ3n) is 5.25. The molecular weight excluding hydrogens is 278 g/mol. The molecule has 1 aromatic carbocycles. The molecule has 0 unspecified atom stereocenters. The van der Waals surface area contributed by atoms with Gasteiger partial charge in [0, 0.05) is 19.6 Å². The third-order valence-corrected chi connectivity index (χ3v) is 5.25. The zero-order valence-corrected chi connectivity index (χ0v) is 13.0. The molecule has 0 radical (unpaired) electrons. The van der Waals surface area contributed by atoms with Crippen LogP contribution in [0.4, 0.5) is 0 Å². The smallest absolute Gasteiger partial charge is 0.225 e. The molecule has 22 heavy (non-hydrogen) atoms. The predicted molar refractivity (Wildman–Crippen MR) is 83.2 cm³/mol. The van der Waals surface area contributed by atoms with Crippen LogP contribution in [-0.2, 0) is 19.9 Å². The lowest BCUT2D eigenvalue weighted by Crippen LogP contribution is -2.40. The van der Waals surface area contributed by atoms with Gasteiger partial charge in [-0.25, -0.2) is 0 Å². The van der Waals surface area contributed by atoms with Crippen LogP contribution in [0.5, 0.6) is 0 Å². The van der Waals surface area contributed by atoms with Gasteiger partial charge in [-0.15, -0.1) is 0 Å². The molecule has 1 aromatic rings. The summed E-state index contributed by atoms with van der Waals surface area (Å²) in [4.78, 5) is 26.2. The van der Waals surface area contributed by atoms with E-state index in [2.05, 4.69) is 0 Å². The lowest BCUT2D eigenvalue weighted by molar-refractivity contribution is -0.135. The van der Waals surface area contributed by atoms with E-state index in [-0.39, 0.29) is 17.7 Å². The first kappa shape index (κ1) is 15.2. The normalized spacial score (nSPS) is 29.0. The van der Waals surface area contributed by atoms with Crippen molar-refractivity contribution >= 4 is 12.2 Å². The van der Waals surface area contributed by atoms with Crippen molar-refractivity contribution in [3.05, 3.63) is 35.9 Å². The van der Waals surface area contributed by atoms with Gasteiger partial charge in [-0.3, -0.25) is 4.79 Å². The number of methoxy groups -OCH3 is 1. The average molecular weight is 301 g/mol. The highest BCUT2D eigenvalue weighted by molar-refractivity contribution is 5.80. The van der Waals surface area contributed by atoms with E-state index < -0.39 is 5.60 Å². The molecule has 0 aromatic heterocycles. The van der Waals surface area contributed by atoms with Gasteiger partial charge in [0.25, 0.3) is 0 Å². The van der Waals surface area contributed by atoms with Crippen molar-refractivity contribution in [2.45, 2.75) is 31.3 Å². The zero-order chi connectivity index (χ0) is 15.6. The van der Waals surface area contributed by atoms with E-state index in [0.29, 0.717) is 13.1 Å². The van der Waals surface area contributed by atoms with Crippen LogP contribution in [0.3, 0.4) is 0 Å². The molecule has 1 saturated heterocycles. The van der Waals surface area contributed by atoms with Gasteiger partial charge in [-0.2, -0.15) is 0 Å².